The van der Waals surface area contributed by atoms with Gasteiger partial charge >= 0.3 is 0 Å². The molecule has 0 radical (unpaired) electrons. The van der Waals surface area contributed by atoms with Crippen LogP contribution in [0.15, 0.2) is 18.3 Å². The Bertz CT molecular complexity index is 342. The molecule has 0 aliphatic rings. The first-order valence-electron chi connectivity index (χ1n) is 6.64. The molecule has 0 bridgehead atoms. The number of nitrogens with zero attached hydrogens (tertiary/aromatic N) is 2. The van der Waals surface area contributed by atoms with E-state index in [2.05, 4.69) is 29.0 Å². The molecule has 0 saturated carbocycles. The monoisotopic (exact) mass is 251 g/mol. The van der Waals surface area contributed by atoms with Crippen LogP contribution in [0.2, 0.25) is 0 Å². The van der Waals surface area contributed by atoms with Crippen LogP contribution in [0.4, 0.5) is 5.82 Å². The van der Waals surface area contributed by atoms with E-state index in [0.717, 1.165) is 31.2 Å². The summed E-state index contributed by atoms with van der Waals surface area (Å²) in [6.07, 6.45) is 1.80. The molecule has 18 heavy (non-hydrogen) atoms. The molecule has 0 fully saturated rings. The van der Waals surface area contributed by atoms with Crippen LogP contribution >= 0.6 is 0 Å². The molecule has 1 aromatic heterocycles. The molecule has 1 aromatic rings. The fraction of sp³-hybridized carbons (Fsp3) is 0.643. The molecule has 0 aliphatic carbocycles. The van der Waals surface area contributed by atoms with Gasteiger partial charge in [0.15, 0.2) is 11.6 Å². The molecule has 102 valence electrons. The van der Waals surface area contributed by atoms with E-state index < -0.39 is 0 Å². The number of pyridine rings is 1. The molecule has 0 spiro atoms. The van der Waals surface area contributed by atoms with Gasteiger partial charge in [0.25, 0.3) is 0 Å². The summed E-state index contributed by atoms with van der Waals surface area (Å²) in [6.45, 7) is 10.00. The lowest BCUT2D eigenvalue weighted by Gasteiger charge is -2.21. The van der Waals surface area contributed by atoms with Crippen molar-refractivity contribution in [2.75, 3.05) is 38.2 Å². The summed E-state index contributed by atoms with van der Waals surface area (Å²) < 4.78 is 5.58. The van der Waals surface area contributed by atoms with Crippen molar-refractivity contribution in [3.63, 3.8) is 0 Å². The number of likely N-dealkylation sites (N-methyl/N-ethyl adjacent to an activating group) is 1. The number of aromatic nitrogens is 1. The predicted octanol–water partition coefficient (Wildman–Crippen LogP) is 2.16. The van der Waals surface area contributed by atoms with Crippen LogP contribution in [0, 0.1) is 5.92 Å². The van der Waals surface area contributed by atoms with Gasteiger partial charge in [-0.2, -0.15) is 0 Å². The minimum Gasteiger partial charge on any atom is -0.490 e. The maximum Gasteiger partial charge on any atom is 0.171 e. The molecule has 0 atom stereocenters. The van der Waals surface area contributed by atoms with Crippen molar-refractivity contribution in [3.8, 4) is 5.75 Å². The van der Waals surface area contributed by atoms with Crippen LogP contribution in [0.5, 0.6) is 5.75 Å². The third-order valence-corrected chi connectivity index (χ3v) is 2.59. The second-order valence-corrected chi connectivity index (χ2v) is 4.78. The van der Waals surface area contributed by atoms with Crippen molar-refractivity contribution in [2.45, 2.75) is 20.8 Å². The highest BCUT2D eigenvalue weighted by molar-refractivity contribution is 5.51. The van der Waals surface area contributed by atoms with E-state index in [1.807, 2.05) is 26.1 Å². The fourth-order valence-electron chi connectivity index (χ4n) is 1.68. The quantitative estimate of drug-likeness (QED) is 0.718. The van der Waals surface area contributed by atoms with Crippen molar-refractivity contribution >= 4 is 5.82 Å². The molecule has 1 N–H and O–H groups in total. The minimum absolute atomic E-state index is 0.665. The zero-order valence-electron chi connectivity index (χ0n) is 11.9. The summed E-state index contributed by atoms with van der Waals surface area (Å²) in [4.78, 5) is 6.51. The van der Waals surface area contributed by atoms with E-state index in [4.69, 9.17) is 4.74 Å². The minimum atomic E-state index is 0.665. The largest absolute Gasteiger partial charge is 0.490 e. The summed E-state index contributed by atoms with van der Waals surface area (Å²) in [6, 6.07) is 3.86. The van der Waals surface area contributed by atoms with Crippen LogP contribution in [-0.4, -0.2) is 38.3 Å². The summed E-state index contributed by atoms with van der Waals surface area (Å²) in [5, 5.41) is 3.43. The molecule has 0 aliphatic heterocycles. The molecular weight excluding hydrogens is 226 g/mol. The summed E-state index contributed by atoms with van der Waals surface area (Å²) in [5.41, 5.74) is 0. The molecule has 1 heterocycles. The Labute approximate surface area is 110 Å². The third kappa shape index (κ3) is 4.92. The van der Waals surface area contributed by atoms with E-state index in [1.54, 1.807) is 6.20 Å². The first kappa shape index (κ1) is 14.8. The second-order valence-electron chi connectivity index (χ2n) is 4.78. The highest BCUT2D eigenvalue weighted by Crippen LogP contribution is 2.23. The number of nitrogens with one attached hydrogen (secondary N) is 1. The Morgan fingerprint density at radius 1 is 1.44 bits per heavy atom. The van der Waals surface area contributed by atoms with Gasteiger partial charge in [-0.05, 0) is 31.5 Å². The van der Waals surface area contributed by atoms with Crippen molar-refractivity contribution in [1.82, 2.24) is 10.3 Å². The second kappa shape index (κ2) is 7.93. The van der Waals surface area contributed by atoms with Gasteiger partial charge in [0, 0.05) is 26.3 Å². The Kier molecular flexibility index (Phi) is 6.50. The van der Waals surface area contributed by atoms with Gasteiger partial charge < -0.3 is 15.0 Å². The molecular formula is C14H25N3O. The van der Waals surface area contributed by atoms with E-state index in [0.29, 0.717) is 12.5 Å². The van der Waals surface area contributed by atoms with Crippen molar-refractivity contribution in [1.29, 1.82) is 0 Å². The van der Waals surface area contributed by atoms with Gasteiger partial charge in [0.1, 0.15) is 0 Å². The van der Waals surface area contributed by atoms with Crippen molar-refractivity contribution < 1.29 is 4.74 Å². The summed E-state index contributed by atoms with van der Waals surface area (Å²) in [7, 11) is 2.04. The van der Waals surface area contributed by atoms with Crippen molar-refractivity contribution in [3.05, 3.63) is 18.3 Å². The lowest BCUT2D eigenvalue weighted by Crippen LogP contribution is -2.31. The summed E-state index contributed by atoms with van der Waals surface area (Å²) in [5.74, 6) is 2.45. The first-order chi connectivity index (χ1) is 8.65. The van der Waals surface area contributed by atoms with Crippen LogP contribution in [0.25, 0.3) is 0 Å². The Balaban J connectivity index is 2.47. The molecule has 4 heteroatoms. The fourth-order valence-corrected chi connectivity index (χ4v) is 1.68. The van der Waals surface area contributed by atoms with Crippen molar-refractivity contribution in [2.24, 2.45) is 5.92 Å². The van der Waals surface area contributed by atoms with Crippen LogP contribution in [0.3, 0.4) is 0 Å². The number of rotatable bonds is 8. The van der Waals surface area contributed by atoms with Gasteiger partial charge in [-0.3, -0.25) is 0 Å². The number of ether oxygens (including phenoxy) is 1. The number of hydrogen-bond donors (Lipinski definition) is 1. The van der Waals surface area contributed by atoms with E-state index in [-0.39, 0.29) is 0 Å². The maximum atomic E-state index is 5.58. The average molecular weight is 251 g/mol. The molecule has 0 saturated heterocycles. The van der Waals surface area contributed by atoms with Gasteiger partial charge in [-0.1, -0.05) is 13.8 Å². The van der Waals surface area contributed by atoms with E-state index in [1.165, 1.54) is 0 Å². The van der Waals surface area contributed by atoms with Crippen LogP contribution in [-0.2, 0) is 0 Å². The van der Waals surface area contributed by atoms with Gasteiger partial charge in [0.05, 0.1) is 6.61 Å². The van der Waals surface area contributed by atoms with Gasteiger partial charge in [-0.25, -0.2) is 4.98 Å². The Morgan fingerprint density at radius 3 is 2.89 bits per heavy atom. The first-order valence-corrected chi connectivity index (χ1v) is 6.64. The lowest BCUT2D eigenvalue weighted by molar-refractivity contribution is 0.339. The zero-order chi connectivity index (χ0) is 13.4. The topological polar surface area (TPSA) is 37.4 Å². The summed E-state index contributed by atoms with van der Waals surface area (Å²) >= 11 is 0. The predicted molar refractivity (Wildman–Crippen MR) is 76.4 cm³/mol. The average Bonchev–Trinajstić information content (AvgIpc) is 2.35. The maximum absolute atomic E-state index is 5.58. The number of anilines is 1. The molecule has 0 unspecified atom stereocenters. The standard InChI is InChI=1S/C14H25N3O/c1-5-18-13-7-6-8-16-14(13)17(4)10-9-15-11-12(2)3/h6-8,12,15H,5,9-11H2,1-4H3. The van der Waals surface area contributed by atoms with E-state index >= 15 is 0 Å². The smallest absolute Gasteiger partial charge is 0.171 e. The molecule has 0 aromatic carbocycles. The third-order valence-electron chi connectivity index (χ3n) is 2.59. The van der Waals surface area contributed by atoms with E-state index in [9.17, 15) is 0 Å². The molecule has 1 rings (SSSR count). The molecule has 4 nitrogen and oxygen atoms in total. The highest BCUT2D eigenvalue weighted by atomic mass is 16.5. The van der Waals surface area contributed by atoms with Gasteiger partial charge in [-0.15, -0.1) is 0 Å². The lowest BCUT2D eigenvalue weighted by atomic mass is 10.2. The van der Waals surface area contributed by atoms with Gasteiger partial charge in [0.2, 0.25) is 0 Å². The number of hydrogen-bond acceptors (Lipinski definition) is 4. The zero-order valence-corrected chi connectivity index (χ0v) is 11.9. The Hall–Kier alpha value is -1.29. The Morgan fingerprint density at radius 2 is 2.22 bits per heavy atom. The normalized spacial score (nSPS) is 10.7. The van der Waals surface area contributed by atoms with Crippen LogP contribution < -0.4 is 15.0 Å². The van der Waals surface area contributed by atoms with Crippen LogP contribution in [0.1, 0.15) is 20.8 Å². The molecule has 0 amide bonds. The highest BCUT2D eigenvalue weighted by Gasteiger charge is 2.08. The SMILES string of the molecule is CCOc1cccnc1N(C)CCNCC(C)C.